The Balaban J connectivity index is 2.33. The van der Waals surface area contributed by atoms with Gasteiger partial charge in [0.25, 0.3) is 0 Å². The molecule has 3 nitrogen and oxygen atoms in total. The molecule has 2 aromatic rings. The van der Waals surface area contributed by atoms with E-state index in [1.165, 1.54) is 5.69 Å². The molecule has 0 bridgehead atoms. The van der Waals surface area contributed by atoms with Crippen LogP contribution in [-0.2, 0) is 6.42 Å². The molecule has 0 amide bonds. The van der Waals surface area contributed by atoms with Crippen LogP contribution in [0.3, 0.4) is 0 Å². The molecule has 2 rings (SSSR count). The van der Waals surface area contributed by atoms with E-state index in [2.05, 4.69) is 27.8 Å². The Morgan fingerprint density at radius 3 is 3.14 bits per heavy atom. The molecule has 1 atom stereocenters. The SMILES string of the molecule is CNC(C)Cc1cnc2ccccn12. The summed E-state index contributed by atoms with van der Waals surface area (Å²) in [5.41, 5.74) is 2.27. The third-order valence-electron chi connectivity index (χ3n) is 2.50. The van der Waals surface area contributed by atoms with Gasteiger partial charge in [0.15, 0.2) is 0 Å². The summed E-state index contributed by atoms with van der Waals surface area (Å²) in [6.45, 7) is 2.17. The number of fused-ring (bicyclic) bond motifs is 1. The van der Waals surface area contributed by atoms with Gasteiger partial charge in [-0.3, -0.25) is 0 Å². The fourth-order valence-electron chi connectivity index (χ4n) is 1.55. The van der Waals surface area contributed by atoms with E-state index in [4.69, 9.17) is 0 Å². The molecule has 0 aliphatic heterocycles. The molecule has 0 saturated heterocycles. The maximum absolute atomic E-state index is 4.34. The molecule has 0 fully saturated rings. The van der Waals surface area contributed by atoms with E-state index in [-0.39, 0.29) is 0 Å². The number of imidazole rings is 1. The van der Waals surface area contributed by atoms with Crippen molar-refractivity contribution in [3.05, 3.63) is 36.3 Å². The molecule has 0 radical (unpaired) electrons. The van der Waals surface area contributed by atoms with E-state index in [0.717, 1.165) is 12.1 Å². The van der Waals surface area contributed by atoms with Crippen LogP contribution in [-0.4, -0.2) is 22.5 Å². The molecule has 0 aliphatic rings. The van der Waals surface area contributed by atoms with Crippen LogP contribution < -0.4 is 5.32 Å². The second-order valence-corrected chi connectivity index (χ2v) is 3.57. The molecule has 0 spiro atoms. The van der Waals surface area contributed by atoms with Crippen LogP contribution >= 0.6 is 0 Å². The summed E-state index contributed by atoms with van der Waals surface area (Å²) >= 11 is 0. The van der Waals surface area contributed by atoms with Crippen molar-refractivity contribution in [3.63, 3.8) is 0 Å². The van der Waals surface area contributed by atoms with Gasteiger partial charge in [0.05, 0.1) is 0 Å². The number of likely N-dealkylation sites (N-methyl/N-ethyl adjacent to an activating group) is 1. The first-order valence-electron chi connectivity index (χ1n) is 4.89. The molecule has 1 unspecified atom stereocenters. The van der Waals surface area contributed by atoms with Crippen LogP contribution in [0.15, 0.2) is 30.6 Å². The van der Waals surface area contributed by atoms with Crippen molar-refractivity contribution in [2.75, 3.05) is 7.05 Å². The van der Waals surface area contributed by atoms with Gasteiger partial charge in [-0.1, -0.05) is 6.07 Å². The molecule has 3 heteroatoms. The number of nitrogens with zero attached hydrogens (tertiary/aromatic N) is 2. The number of rotatable bonds is 3. The van der Waals surface area contributed by atoms with E-state index < -0.39 is 0 Å². The van der Waals surface area contributed by atoms with Crippen molar-refractivity contribution < 1.29 is 0 Å². The Morgan fingerprint density at radius 2 is 2.36 bits per heavy atom. The number of hydrogen-bond acceptors (Lipinski definition) is 2. The molecule has 74 valence electrons. The Kier molecular flexibility index (Phi) is 2.50. The van der Waals surface area contributed by atoms with Gasteiger partial charge < -0.3 is 9.72 Å². The largest absolute Gasteiger partial charge is 0.317 e. The van der Waals surface area contributed by atoms with E-state index in [9.17, 15) is 0 Å². The lowest BCUT2D eigenvalue weighted by Gasteiger charge is -2.08. The lowest BCUT2D eigenvalue weighted by molar-refractivity contribution is 0.598. The highest BCUT2D eigenvalue weighted by Gasteiger charge is 2.05. The smallest absolute Gasteiger partial charge is 0.136 e. The van der Waals surface area contributed by atoms with Gasteiger partial charge in [-0.25, -0.2) is 4.98 Å². The number of aromatic nitrogens is 2. The van der Waals surface area contributed by atoms with Crippen molar-refractivity contribution in [1.82, 2.24) is 14.7 Å². The Hall–Kier alpha value is -1.35. The lowest BCUT2D eigenvalue weighted by atomic mass is 10.2. The minimum absolute atomic E-state index is 0.482. The normalized spacial score (nSPS) is 13.3. The molecule has 0 aromatic carbocycles. The topological polar surface area (TPSA) is 29.3 Å². The minimum atomic E-state index is 0.482. The fourth-order valence-corrected chi connectivity index (χ4v) is 1.55. The van der Waals surface area contributed by atoms with E-state index >= 15 is 0 Å². The zero-order valence-electron chi connectivity index (χ0n) is 8.57. The summed E-state index contributed by atoms with van der Waals surface area (Å²) in [6, 6.07) is 6.54. The second kappa shape index (κ2) is 3.80. The molecule has 14 heavy (non-hydrogen) atoms. The zero-order chi connectivity index (χ0) is 9.97. The lowest BCUT2D eigenvalue weighted by Crippen LogP contribution is -2.24. The summed E-state index contributed by atoms with van der Waals surface area (Å²) in [6.07, 6.45) is 5.00. The summed E-state index contributed by atoms with van der Waals surface area (Å²) in [5, 5.41) is 3.23. The first-order valence-corrected chi connectivity index (χ1v) is 4.89. The van der Waals surface area contributed by atoms with Gasteiger partial charge in [-0.2, -0.15) is 0 Å². The van der Waals surface area contributed by atoms with E-state index in [1.54, 1.807) is 0 Å². The first-order chi connectivity index (χ1) is 6.81. The van der Waals surface area contributed by atoms with Crippen molar-refractivity contribution >= 4 is 5.65 Å². The molecule has 2 aromatic heterocycles. The average Bonchev–Trinajstić information content (AvgIpc) is 2.62. The highest BCUT2D eigenvalue weighted by atomic mass is 15.0. The van der Waals surface area contributed by atoms with Gasteiger partial charge in [-0.05, 0) is 26.1 Å². The minimum Gasteiger partial charge on any atom is -0.317 e. The van der Waals surface area contributed by atoms with Crippen molar-refractivity contribution in [2.24, 2.45) is 0 Å². The highest BCUT2D eigenvalue weighted by Crippen LogP contribution is 2.07. The Bertz CT molecular complexity index is 419. The Morgan fingerprint density at radius 1 is 1.50 bits per heavy atom. The van der Waals surface area contributed by atoms with Gasteiger partial charge in [-0.15, -0.1) is 0 Å². The van der Waals surface area contributed by atoms with Crippen molar-refractivity contribution in [3.8, 4) is 0 Å². The highest BCUT2D eigenvalue weighted by molar-refractivity contribution is 5.39. The standard InChI is InChI=1S/C11H15N3/c1-9(12-2)7-10-8-13-11-5-3-4-6-14(10)11/h3-6,8-9,12H,7H2,1-2H3. The quantitative estimate of drug-likeness (QED) is 0.792. The van der Waals surface area contributed by atoms with Crippen molar-refractivity contribution in [1.29, 1.82) is 0 Å². The molecule has 0 aliphatic carbocycles. The molecule has 2 heterocycles. The summed E-state index contributed by atoms with van der Waals surface area (Å²) in [4.78, 5) is 4.34. The predicted molar refractivity (Wildman–Crippen MR) is 57.4 cm³/mol. The monoisotopic (exact) mass is 189 g/mol. The van der Waals surface area contributed by atoms with Gasteiger partial charge >= 0.3 is 0 Å². The molecular formula is C11H15N3. The summed E-state index contributed by atoms with van der Waals surface area (Å²) < 4.78 is 2.13. The number of hydrogen-bond donors (Lipinski definition) is 1. The Labute approximate surface area is 83.8 Å². The van der Waals surface area contributed by atoms with Crippen LogP contribution in [0.2, 0.25) is 0 Å². The first kappa shape index (κ1) is 9.21. The van der Waals surface area contributed by atoms with Crippen LogP contribution in [0, 0.1) is 0 Å². The second-order valence-electron chi connectivity index (χ2n) is 3.57. The van der Waals surface area contributed by atoms with Crippen LogP contribution in [0.25, 0.3) is 5.65 Å². The van der Waals surface area contributed by atoms with Gasteiger partial charge in [0, 0.05) is 30.6 Å². The summed E-state index contributed by atoms with van der Waals surface area (Å²) in [7, 11) is 1.98. The van der Waals surface area contributed by atoms with E-state index in [1.807, 2.05) is 31.4 Å². The van der Waals surface area contributed by atoms with Gasteiger partial charge in [0.1, 0.15) is 5.65 Å². The summed E-state index contributed by atoms with van der Waals surface area (Å²) in [5.74, 6) is 0. The third-order valence-corrected chi connectivity index (χ3v) is 2.50. The maximum Gasteiger partial charge on any atom is 0.136 e. The zero-order valence-corrected chi connectivity index (χ0v) is 8.57. The number of nitrogens with one attached hydrogen (secondary N) is 1. The number of pyridine rings is 1. The predicted octanol–water partition coefficient (Wildman–Crippen LogP) is 1.48. The fraction of sp³-hybridized carbons (Fsp3) is 0.364. The maximum atomic E-state index is 4.34. The molecule has 0 saturated carbocycles. The third kappa shape index (κ3) is 1.63. The van der Waals surface area contributed by atoms with Gasteiger partial charge in [0.2, 0.25) is 0 Å². The van der Waals surface area contributed by atoms with Crippen LogP contribution in [0.4, 0.5) is 0 Å². The van der Waals surface area contributed by atoms with Crippen LogP contribution in [0.5, 0.6) is 0 Å². The average molecular weight is 189 g/mol. The van der Waals surface area contributed by atoms with Crippen molar-refractivity contribution in [2.45, 2.75) is 19.4 Å². The molecule has 1 N–H and O–H groups in total. The molecular weight excluding hydrogens is 174 g/mol. The van der Waals surface area contributed by atoms with Crippen LogP contribution in [0.1, 0.15) is 12.6 Å². The van der Waals surface area contributed by atoms with E-state index in [0.29, 0.717) is 6.04 Å².